The van der Waals surface area contributed by atoms with Crippen LogP contribution in [0.25, 0.3) is 0 Å². The topological polar surface area (TPSA) is 44.8 Å². The van der Waals surface area contributed by atoms with Crippen LogP contribution in [0.4, 0.5) is 0 Å². The zero-order valence-corrected chi connectivity index (χ0v) is 20.4. The molecule has 2 atom stereocenters. The Bertz CT molecular complexity index is 383. The van der Waals surface area contributed by atoms with Crippen molar-refractivity contribution >= 4 is 5.97 Å². The van der Waals surface area contributed by atoms with Crippen LogP contribution < -0.4 is 48.0 Å². The van der Waals surface area contributed by atoms with Gasteiger partial charge in [0.2, 0.25) is 0 Å². The maximum absolute atomic E-state index is 11.8. The molecule has 0 saturated carbocycles. The fourth-order valence-corrected chi connectivity index (χ4v) is 2.36. The van der Waals surface area contributed by atoms with Gasteiger partial charge in [0, 0.05) is 6.42 Å². The minimum atomic E-state index is -0.668. The van der Waals surface area contributed by atoms with E-state index in [0.29, 0.717) is 26.1 Å². The summed E-state index contributed by atoms with van der Waals surface area (Å²) in [6.45, 7) is 4.64. The van der Waals surface area contributed by atoms with Gasteiger partial charge in [-0.15, -0.1) is 0 Å². The second-order valence-electron chi connectivity index (χ2n) is 8.39. The van der Waals surface area contributed by atoms with Crippen LogP contribution in [0.15, 0.2) is 0 Å². The number of quaternary nitrogens is 2. The summed E-state index contributed by atoms with van der Waals surface area (Å²) in [5.41, 5.74) is 0. The molecule has 0 aliphatic carbocycles. The molecule has 1 rings (SSSR count). The fraction of sp³-hybridized carbons (Fsp3) is 0.938. The minimum Gasteiger partial charge on any atom is -1.00 e. The van der Waals surface area contributed by atoms with E-state index in [1.54, 1.807) is 0 Å². The van der Waals surface area contributed by atoms with Crippen molar-refractivity contribution in [3.8, 4) is 0 Å². The third kappa shape index (κ3) is 12.2. The highest BCUT2D eigenvalue weighted by Crippen LogP contribution is 2.28. The molecule has 2 unspecified atom stereocenters. The van der Waals surface area contributed by atoms with Crippen LogP contribution in [0.5, 0.6) is 0 Å². The molecule has 24 heavy (non-hydrogen) atoms. The van der Waals surface area contributed by atoms with Crippen LogP contribution >= 0.6 is 0 Å². The molecule has 1 heterocycles. The number of likely N-dealkylation sites (N-methyl/N-ethyl adjacent to an activating group) is 2. The van der Waals surface area contributed by atoms with Crippen molar-refractivity contribution < 1.29 is 75.9 Å². The highest BCUT2D eigenvalue weighted by atomic mass is 127. The largest absolute Gasteiger partial charge is 1.00 e. The molecule has 1 aliphatic rings. The van der Waals surface area contributed by atoms with Crippen LogP contribution in [0.3, 0.4) is 0 Å². The summed E-state index contributed by atoms with van der Waals surface area (Å²) < 4.78 is 18.6. The van der Waals surface area contributed by atoms with E-state index >= 15 is 0 Å². The number of halogens is 2. The van der Waals surface area contributed by atoms with Crippen LogP contribution in [0, 0.1) is 0 Å². The molecule has 1 fully saturated rings. The number of hydrogen-bond acceptors (Lipinski definition) is 4. The van der Waals surface area contributed by atoms with Gasteiger partial charge in [-0.05, 0) is 6.92 Å². The number of esters is 1. The van der Waals surface area contributed by atoms with Crippen molar-refractivity contribution in [1.82, 2.24) is 0 Å². The van der Waals surface area contributed by atoms with Gasteiger partial charge >= 0.3 is 5.97 Å². The van der Waals surface area contributed by atoms with Gasteiger partial charge in [-0.2, -0.15) is 0 Å². The molecule has 8 heteroatoms. The van der Waals surface area contributed by atoms with E-state index in [-0.39, 0.29) is 60.0 Å². The molecule has 0 aromatic rings. The second kappa shape index (κ2) is 10.8. The predicted octanol–water partition coefficient (Wildman–Crippen LogP) is -5.14. The molecule has 0 aromatic heterocycles. The Morgan fingerprint density at radius 3 is 2.21 bits per heavy atom. The third-order valence-corrected chi connectivity index (χ3v) is 3.55. The van der Waals surface area contributed by atoms with E-state index in [1.165, 1.54) is 0 Å². The van der Waals surface area contributed by atoms with E-state index in [1.807, 2.05) is 6.92 Å². The first-order chi connectivity index (χ1) is 9.89. The molecule has 6 nitrogen and oxygen atoms in total. The average Bonchev–Trinajstić information content (AvgIpc) is 2.65. The zero-order valence-electron chi connectivity index (χ0n) is 16.1. The standard InChI is InChI=1S/C16H34N2O4.2HI/c1-16(21-13-14(22-16)12-18(5,6)7)9-8-15(19)20-11-10-17(2,3)4;;/h14H,8-13H2,1-7H3;2*1H/q+2;;/p-2. The van der Waals surface area contributed by atoms with E-state index < -0.39 is 5.79 Å². The normalized spacial score (nSPS) is 24.0. The maximum Gasteiger partial charge on any atom is 0.306 e. The molecule has 0 bridgehead atoms. The molecule has 0 aromatic carbocycles. The van der Waals surface area contributed by atoms with E-state index in [0.717, 1.165) is 22.1 Å². The lowest BCUT2D eigenvalue weighted by molar-refractivity contribution is -0.873. The summed E-state index contributed by atoms with van der Waals surface area (Å²) >= 11 is 0. The number of rotatable bonds is 8. The Hall–Kier alpha value is 0.770. The van der Waals surface area contributed by atoms with Gasteiger partial charge in [-0.25, -0.2) is 0 Å². The van der Waals surface area contributed by atoms with Gasteiger partial charge in [0.15, 0.2) is 5.79 Å². The first-order valence-corrected chi connectivity index (χ1v) is 7.97. The summed E-state index contributed by atoms with van der Waals surface area (Å²) in [6, 6.07) is 0. The SMILES string of the molecule is CC1(CCC(=O)OCC[N+](C)(C)C)OCC(C[N+](C)(C)C)O1.[I-].[I-]. The first kappa shape index (κ1) is 27.0. The highest BCUT2D eigenvalue weighted by Gasteiger charge is 2.39. The lowest BCUT2D eigenvalue weighted by Gasteiger charge is -2.28. The number of ether oxygens (including phenoxy) is 3. The third-order valence-electron chi connectivity index (χ3n) is 3.55. The van der Waals surface area contributed by atoms with Crippen molar-refractivity contribution in [2.75, 3.05) is 68.6 Å². The highest BCUT2D eigenvalue weighted by molar-refractivity contribution is 5.69. The predicted molar refractivity (Wildman–Crippen MR) is 85.2 cm³/mol. The van der Waals surface area contributed by atoms with Crippen LogP contribution in [-0.4, -0.2) is 95.4 Å². The number of hydrogen-bond donors (Lipinski definition) is 0. The summed E-state index contributed by atoms with van der Waals surface area (Å²) in [5, 5.41) is 0. The molecule has 1 saturated heterocycles. The number of carbonyl (C=O) groups is 1. The average molecular weight is 572 g/mol. The molecule has 0 N–H and O–H groups in total. The molecule has 0 amide bonds. The lowest BCUT2D eigenvalue weighted by atomic mass is 10.1. The van der Waals surface area contributed by atoms with Gasteiger partial charge in [-0.3, -0.25) is 4.79 Å². The number of carbonyl (C=O) groups excluding carboxylic acids is 1. The van der Waals surface area contributed by atoms with Crippen molar-refractivity contribution in [2.45, 2.75) is 31.7 Å². The van der Waals surface area contributed by atoms with E-state index in [4.69, 9.17) is 14.2 Å². The molecule has 1 aliphatic heterocycles. The van der Waals surface area contributed by atoms with E-state index in [2.05, 4.69) is 42.3 Å². The van der Waals surface area contributed by atoms with Gasteiger partial charge in [-0.1, -0.05) is 0 Å². The smallest absolute Gasteiger partial charge is 0.306 e. The van der Waals surface area contributed by atoms with Gasteiger partial charge in [0.05, 0.1) is 55.3 Å². The summed E-state index contributed by atoms with van der Waals surface area (Å²) in [5.74, 6) is -0.851. The van der Waals surface area contributed by atoms with Crippen LogP contribution in [0.1, 0.15) is 19.8 Å². The van der Waals surface area contributed by atoms with Crippen molar-refractivity contribution in [2.24, 2.45) is 0 Å². The second-order valence-corrected chi connectivity index (χ2v) is 8.39. The van der Waals surface area contributed by atoms with Crippen molar-refractivity contribution in [3.05, 3.63) is 0 Å². The maximum atomic E-state index is 11.8. The zero-order chi connectivity index (χ0) is 17.0. The molecule has 146 valence electrons. The molecule has 0 spiro atoms. The van der Waals surface area contributed by atoms with Gasteiger partial charge < -0.3 is 71.1 Å². The quantitative estimate of drug-likeness (QED) is 0.166. The van der Waals surface area contributed by atoms with Gasteiger partial charge in [0.25, 0.3) is 0 Å². The van der Waals surface area contributed by atoms with Gasteiger partial charge in [0.1, 0.15) is 25.8 Å². The number of nitrogens with zero attached hydrogens (tertiary/aromatic N) is 2. The van der Waals surface area contributed by atoms with Crippen LogP contribution in [-0.2, 0) is 19.0 Å². The molecular weight excluding hydrogens is 538 g/mol. The monoisotopic (exact) mass is 572 g/mol. The summed E-state index contributed by atoms with van der Waals surface area (Å²) in [6.07, 6.45) is 0.938. The molecule has 0 radical (unpaired) electrons. The first-order valence-electron chi connectivity index (χ1n) is 7.97. The Balaban J connectivity index is 0. The Morgan fingerprint density at radius 1 is 1.12 bits per heavy atom. The van der Waals surface area contributed by atoms with Crippen molar-refractivity contribution in [1.29, 1.82) is 0 Å². The molecular formula is C16H34I2N2O4. The Morgan fingerprint density at radius 2 is 1.71 bits per heavy atom. The lowest BCUT2D eigenvalue weighted by Crippen LogP contribution is -3.00. The van der Waals surface area contributed by atoms with Crippen LogP contribution in [0.2, 0.25) is 0 Å². The summed E-state index contributed by atoms with van der Waals surface area (Å²) in [7, 11) is 12.6. The summed E-state index contributed by atoms with van der Waals surface area (Å²) in [4.78, 5) is 11.8. The van der Waals surface area contributed by atoms with E-state index in [9.17, 15) is 4.79 Å². The Labute approximate surface area is 181 Å². The van der Waals surface area contributed by atoms with Crippen molar-refractivity contribution in [3.63, 3.8) is 0 Å². The minimum absolute atomic E-state index is 0. The Kier molecular flexibility index (Phi) is 12.2. The fourth-order valence-electron chi connectivity index (χ4n) is 2.36.